The molecule has 7 nitrogen and oxygen atoms in total. The van der Waals surface area contributed by atoms with Crippen LogP contribution in [-0.4, -0.2) is 59.1 Å². The van der Waals surface area contributed by atoms with Gasteiger partial charge >= 0.3 is 0 Å². The minimum absolute atomic E-state index is 0.00760. The van der Waals surface area contributed by atoms with Gasteiger partial charge in [-0.1, -0.05) is 6.58 Å². The van der Waals surface area contributed by atoms with E-state index in [1.54, 1.807) is 0 Å². The second-order valence-electron chi connectivity index (χ2n) is 8.19. The van der Waals surface area contributed by atoms with E-state index in [0.717, 1.165) is 0 Å². The van der Waals surface area contributed by atoms with E-state index in [4.69, 9.17) is 4.74 Å². The molecule has 1 fully saturated rings. The molecule has 0 aromatic carbocycles. The lowest BCUT2D eigenvalue weighted by Crippen LogP contribution is -2.64. The number of ether oxygens (including phenoxy) is 1. The Labute approximate surface area is 169 Å². The zero-order valence-corrected chi connectivity index (χ0v) is 17.4. The summed E-state index contributed by atoms with van der Waals surface area (Å²) in [6, 6.07) is 1.42. The minimum Gasteiger partial charge on any atom is -0.377 e. The van der Waals surface area contributed by atoms with E-state index in [2.05, 4.69) is 11.6 Å². The number of Topliss-reactive ketones (excluding diaryl/α,β-unsaturated/α-hetero) is 1. The highest BCUT2D eigenvalue weighted by Gasteiger charge is 2.57. The zero-order chi connectivity index (χ0) is 21.6. The van der Waals surface area contributed by atoms with Crippen molar-refractivity contribution in [3.05, 3.63) is 28.6 Å². The molecule has 3 rings (SSSR count). The number of carbonyl (C=O) groups is 1. The van der Waals surface area contributed by atoms with Gasteiger partial charge in [0, 0.05) is 19.2 Å². The molecule has 0 bridgehead atoms. The summed E-state index contributed by atoms with van der Waals surface area (Å²) in [5, 5.41) is 0. The van der Waals surface area contributed by atoms with Crippen molar-refractivity contribution in [3.8, 4) is 0 Å². The van der Waals surface area contributed by atoms with Gasteiger partial charge in [0.05, 0.1) is 25.8 Å². The molecule has 2 aliphatic rings. The Hall–Kier alpha value is -2.29. The Morgan fingerprint density at radius 1 is 1.41 bits per heavy atom. The van der Waals surface area contributed by atoms with E-state index in [-0.39, 0.29) is 48.4 Å². The highest BCUT2D eigenvalue weighted by atomic mass is 19.3. The summed E-state index contributed by atoms with van der Waals surface area (Å²) in [5.41, 5.74) is -2.33. The summed E-state index contributed by atoms with van der Waals surface area (Å²) in [6.45, 7) is 10.8. The molecule has 0 radical (unpaired) electrons. The molecule has 2 atom stereocenters. The van der Waals surface area contributed by atoms with Gasteiger partial charge in [-0.15, -0.1) is 0 Å². The summed E-state index contributed by atoms with van der Waals surface area (Å²) in [5.74, 6) is -3.06. The quantitative estimate of drug-likeness (QED) is 0.694. The van der Waals surface area contributed by atoms with Crippen LogP contribution in [0.15, 0.2) is 23.0 Å². The molecule has 160 valence electrons. The number of aromatic nitrogens is 2. The number of fused-ring (bicyclic) bond motifs is 1. The Balaban J connectivity index is 2.16. The van der Waals surface area contributed by atoms with Crippen molar-refractivity contribution in [3.63, 3.8) is 0 Å². The predicted molar refractivity (Wildman–Crippen MR) is 107 cm³/mol. The summed E-state index contributed by atoms with van der Waals surface area (Å²) in [4.78, 5) is 32.6. The molecule has 0 saturated carbocycles. The van der Waals surface area contributed by atoms with E-state index in [9.17, 15) is 9.59 Å². The first kappa shape index (κ1) is 21.4. The van der Waals surface area contributed by atoms with Gasteiger partial charge in [0.15, 0.2) is 0 Å². The van der Waals surface area contributed by atoms with Gasteiger partial charge in [-0.2, -0.15) is 13.8 Å². The van der Waals surface area contributed by atoms with Gasteiger partial charge in [0.25, 0.3) is 11.5 Å². The first-order chi connectivity index (χ1) is 13.5. The molecule has 9 heteroatoms. The predicted octanol–water partition coefficient (Wildman–Crippen LogP) is 2.24. The molecule has 3 heterocycles. The van der Waals surface area contributed by atoms with Crippen molar-refractivity contribution in [1.82, 2.24) is 9.55 Å². The first-order valence-electron chi connectivity index (χ1n) is 9.76. The Morgan fingerprint density at radius 3 is 2.69 bits per heavy atom. The van der Waals surface area contributed by atoms with E-state index in [1.165, 1.54) is 36.3 Å². The third-order valence-electron chi connectivity index (χ3n) is 5.89. The van der Waals surface area contributed by atoms with Crippen LogP contribution in [0.3, 0.4) is 0 Å². The van der Waals surface area contributed by atoms with Crippen LogP contribution in [0.1, 0.15) is 34.1 Å². The van der Waals surface area contributed by atoms with Crippen LogP contribution in [0.25, 0.3) is 0 Å². The number of anilines is 2. The van der Waals surface area contributed by atoms with Crippen LogP contribution >= 0.6 is 0 Å². The van der Waals surface area contributed by atoms with Crippen molar-refractivity contribution in [2.45, 2.75) is 58.2 Å². The fraction of sp³-hybridized carbons (Fsp3) is 0.650. The maximum atomic E-state index is 15.2. The normalized spacial score (nSPS) is 25.0. The zero-order valence-electron chi connectivity index (χ0n) is 17.4. The average Bonchev–Trinajstić information content (AvgIpc) is 2.64. The van der Waals surface area contributed by atoms with Crippen molar-refractivity contribution in [2.24, 2.45) is 0 Å². The van der Waals surface area contributed by atoms with E-state index in [0.29, 0.717) is 25.6 Å². The fourth-order valence-electron chi connectivity index (χ4n) is 4.05. The molecule has 1 aromatic heterocycles. The molecule has 1 aromatic rings. The van der Waals surface area contributed by atoms with Crippen molar-refractivity contribution < 1.29 is 18.3 Å². The maximum Gasteiger partial charge on any atom is 0.291 e. The Kier molecular flexibility index (Phi) is 5.55. The van der Waals surface area contributed by atoms with Crippen LogP contribution in [-0.2, 0) is 16.1 Å². The van der Waals surface area contributed by atoms with E-state index in [1.807, 2.05) is 11.8 Å². The van der Waals surface area contributed by atoms with Crippen LogP contribution < -0.4 is 15.4 Å². The smallest absolute Gasteiger partial charge is 0.291 e. The van der Waals surface area contributed by atoms with Crippen molar-refractivity contribution >= 4 is 17.5 Å². The number of rotatable bonds is 5. The number of alkyl halides is 2. The second kappa shape index (κ2) is 7.51. The van der Waals surface area contributed by atoms with E-state index < -0.39 is 11.5 Å². The van der Waals surface area contributed by atoms with Gasteiger partial charge in [0.1, 0.15) is 17.1 Å². The van der Waals surface area contributed by atoms with Crippen molar-refractivity contribution in [2.75, 3.05) is 36.1 Å². The molecular formula is C20H28F2N4O3. The fourth-order valence-corrected chi connectivity index (χ4v) is 4.05. The molecule has 1 saturated heterocycles. The summed E-state index contributed by atoms with van der Waals surface area (Å²) in [6.07, 6.45) is -0.0119. The van der Waals surface area contributed by atoms with Gasteiger partial charge in [0.2, 0.25) is 5.95 Å². The number of hydrogen-bond acceptors (Lipinski definition) is 6. The SMILES string of the molecule is C=C(C)C(F)(F)C1(C)CCn2c(nc(N3CCOCC3C)cc2=O)N1CC(C)=O. The van der Waals surface area contributed by atoms with Crippen molar-refractivity contribution in [1.29, 1.82) is 0 Å². The molecule has 0 spiro atoms. The topological polar surface area (TPSA) is 67.7 Å². The summed E-state index contributed by atoms with van der Waals surface area (Å²) in [7, 11) is 0. The number of morpholine rings is 1. The monoisotopic (exact) mass is 410 g/mol. The van der Waals surface area contributed by atoms with Crippen LogP contribution in [0.2, 0.25) is 0 Å². The van der Waals surface area contributed by atoms with Crippen LogP contribution in [0, 0.1) is 0 Å². The maximum absolute atomic E-state index is 15.2. The van der Waals surface area contributed by atoms with Crippen LogP contribution in [0.4, 0.5) is 20.5 Å². The Morgan fingerprint density at radius 2 is 2.10 bits per heavy atom. The van der Waals surface area contributed by atoms with Gasteiger partial charge in [-0.25, -0.2) is 0 Å². The minimum atomic E-state index is -3.27. The molecule has 29 heavy (non-hydrogen) atoms. The second-order valence-corrected chi connectivity index (χ2v) is 8.19. The van der Waals surface area contributed by atoms with Gasteiger partial charge in [-0.3, -0.25) is 14.2 Å². The average molecular weight is 410 g/mol. The number of halogens is 2. The molecule has 2 aliphatic heterocycles. The largest absolute Gasteiger partial charge is 0.377 e. The summed E-state index contributed by atoms with van der Waals surface area (Å²) < 4.78 is 37.3. The lowest BCUT2D eigenvalue weighted by atomic mass is 9.83. The third kappa shape index (κ3) is 3.56. The molecular weight excluding hydrogens is 382 g/mol. The standard InChI is InChI=1S/C20H28F2N4O3/c1-13(2)20(21,22)19(5)6-7-25-17(28)10-16(24-8-9-29-12-14(24)3)23-18(25)26(19)11-15(4)27/h10,14H,1,6-9,11-12H2,2-5H3. The number of hydrogen-bond donors (Lipinski definition) is 0. The highest BCUT2D eigenvalue weighted by molar-refractivity contribution is 5.81. The van der Waals surface area contributed by atoms with E-state index >= 15 is 8.78 Å². The lowest BCUT2D eigenvalue weighted by molar-refractivity contribution is -0.116. The third-order valence-corrected chi connectivity index (χ3v) is 5.89. The molecule has 2 unspecified atom stereocenters. The summed E-state index contributed by atoms with van der Waals surface area (Å²) >= 11 is 0. The number of nitrogens with zero attached hydrogens (tertiary/aromatic N) is 4. The molecule has 0 aliphatic carbocycles. The Bertz CT molecular complexity index is 885. The van der Waals surface area contributed by atoms with Crippen LogP contribution in [0.5, 0.6) is 0 Å². The molecule has 0 amide bonds. The lowest BCUT2D eigenvalue weighted by Gasteiger charge is -2.50. The highest BCUT2D eigenvalue weighted by Crippen LogP contribution is 2.45. The van der Waals surface area contributed by atoms with Gasteiger partial charge < -0.3 is 14.5 Å². The first-order valence-corrected chi connectivity index (χ1v) is 9.76. The number of ketones is 1. The number of carbonyl (C=O) groups excluding carboxylic acids is 1. The molecule has 0 N–H and O–H groups in total. The van der Waals surface area contributed by atoms with Gasteiger partial charge in [-0.05, 0) is 39.7 Å².